The van der Waals surface area contributed by atoms with E-state index in [1.807, 2.05) is 0 Å². The molecule has 2 N–H and O–H groups in total. The number of thiophene rings is 1. The summed E-state index contributed by atoms with van der Waals surface area (Å²) in [6.07, 6.45) is 6.51. The van der Waals surface area contributed by atoms with Gasteiger partial charge in [0.05, 0.1) is 5.56 Å². The van der Waals surface area contributed by atoms with Gasteiger partial charge in [-0.1, -0.05) is 26.2 Å². The lowest BCUT2D eigenvalue weighted by Gasteiger charge is -2.31. The Balaban J connectivity index is 1.87. The molecule has 1 heterocycles. The summed E-state index contributed by atoms with van der Waals surface area (Å²) >= 11 is 1.53. The van der Waals surface area contributed by atoms with E-state index in [1.54, 1.807) is 11.4 Å². The monoisotopic (exact) mass is 267 g/mol. The smallest absolute Gasteiger partial charge is 0.336 e. The van der Waals surface area contributed by atoms with Crippen LogP contribution in [0.25, 0.3) is 0 Å². The van der Waals surface area contributed by atoms with Crippen molar-refractivity contribution >= 4 is 17.3 Å². The summed E-state index contributed by atoms with van der Waals surface area (Å²) in [6.45, 7) is 3.07. The van der Waals surface area contributed by atoms with Gasteiger partial charge in [-0.3, -0.25) is 0 Å². The highest BCUT2D eigenvalue weighted by atomic mass is 32.1. The molecule has 100 valence electrons. The van der Waals surface area contributed by atoms with Gasteiger partial charge >= 0.3 is 5.97 Å². The Hall–Kier alpha value is -0.870. The molecule has 1 aromatic rings. The Morgan fingerprint density at radius 1 is 1.50 bits per heavy atom. The van der Waals surface area contributed by atoms with Crippen LogP contribution in [0.15, 0.2) is 11.4 Å². The molecule has 1 aromatic heterocycles. The minimum atomic E-state index is -0.832. The van der Waals surface area contributed by atoms with Crippen LogP contribution in [0.3, 0.4) is 0 Å². The summed E-state index contributed by atoms with van der Waals surface area (Å²) in [6, 6.07) is 2.39. The van der Waals surface area contributed by atoms with Gasteiger partial charge in [0.15, 0.2) is 0 Å². The number of carbonyl (C=O) groups is 1. The topological polar surface area (TPSA) is 49.3 Å². The number of hydrogen-bond donors (Lipinski definition) is 2. The molecule has 0 aliphatic heterocycles. The predicted octanol–water partition coefficient (Wildman–Crippen LogP) is 3.50. The van der Waals surface area contributed by atoms with E-state index in [4.69, 9.17) is 5.11 Å². The third-order valence-electron chi connectivity index (χ3n) is 3.87. The average Bonchev–Trinajstić information content (AvgIpc) is 2.85. The maximum atomic E-state index is 10.8. The molecular weight excluding hydrogens is 246 g/mol. The van der Waals surface area contributed by atoms with Crippen LogP contribution in [0.2, 0.25) is 0 Å². The third kappa shape index (κ3) is 3.33. The zero-order valence-corrected chi connectivity index (χ0v) is 11.6. The molecule has 18 heavy (non-hydrogen) atoms. The van der Waals surface area contributed by atoms with Crippen LogP contribution in [0.5, 0.6) is 0 Å². The normalized spacial score (nSPS) is 24.1. The predicted molar refractivity (Wildman–Crippen MR) is 74.2 cm³/mol. The number of hydrogen-bond acceptors (Lipinski definition) is 3. The van der Waals surface area contributed by atoms with Crippen molar-refractivity contribution in [2.45, 2.75) is 51.6 Å². The highest BCUT2D eigenvalue weighted by Gasteiger charge is 2.23. The first-order valence-corrected chi connectivity index (χ1v) is 7.62. The van der Waals surface area contributed by atoms with Gasteiger partial charge < -0.3 is 10.4 Å². The molecule has 0 spiro atoms. The van der Waals surface area contributed by atoms with Crippen LogP contribution >= 0.6 is 11.3 Å². The van der Waals surface area contributed by atoms with Crippen LogP contribution in [-0.4, -0.2) is 17.1 Å². The van der Waals surface area contributed by atoms with E-state index in [2.05, 4.69) is 12.2 Å². The standard InChI is InChI=1S/C14H21NO2S/c1-2-10-5-3-4-6-13(10)15-8-12-7-11(9-18-12)14(16)17/h7,9-10,13,15H,2-6,8H2,1H3,(H,16,17). The summed E-state index contributed by atoms with van der Waals surface area (Å²) in [5.74, 6) is -0.0424. The van der Waals surface area contributed by atoms with Crippen LogP contribution in [0, 0.1) is 5.92 Å². The average molecular weight is 267 g/mol. The Morgan fingerprint density at radius 3 is 2.94 bits per heavy atom. The second-order valence-electron chi connectivity index (χ2n) is 5.05. The van der Waals surface area contributed by atoms with Gasteiger partial charge in [-0.05, 0) is 24.8 Å². The lowest BCUT2D eigenvalue weighted by Crippen LogP contribution is -2.37. The molecule has 1 saturated carbocycles. The number of carboxylic acid groups (broad SMARTS) is 1. The first kappa shape index (κ1) is 13.6. The lowest BCUT2D eigenvalue weighted by molar-refractivity contribution is 0.0697. The van der Waals surface area contributed by atoms with E-state index in [-0.39, 0.29) is 0 Å². The highest BCUT2D eigenvalue weighted by molar-refractivity contribution is 7.10. The highest BCUT2D eigenvalue weighted by Crippen LogP contribution is 2.27. The minimum absolute atomic E-state index is 0.410. The molecule has 2 rings (SSSR count). The number of aromatic carboxylic acids is 1. The van der Waals surface area contributed by atoms with E-state index in [1.165, 1.54) is 43.4 Å². The van der Waals surface area contributed by atoms with E-state index >= 15 is 0 Å². The number of carboxylic acids is 1. The van der Waals surface area contributed by atoms with Crippen LogP contribution in [0.1, 0.15) is 54.3 Å². The number of rotatable bonds is 5. The van der Waals surface area contributed by atoms with E-state index in [0.717, 1.165) is 17.3 Å². The molecule has 2 unspecified atom stereocenters. The van der Waals surface area contributed by atoms with Gasteiger partial charge in [0.1, 0.15) is 0 Å². The minimum Gasteiger partial charge on any atom is -0.478 e. The SMILES string of the molecule is CCC1CCCCC1NCc1cc(C(=O)O)cs1. The summed E-state index contributed by atoms with van der Waals surface area (Å²) < 4.78 is 0. The van der Waals surface area contributed by atoms with Gasteiger partial charge in [0.25, 0.3) is 0 Å². The summed E-state index contributed by atoms with van der Waals surface area (Å²) in [7, 11) is 0. The Morgan fingerprint density at radius 2 is 2.28 bits per heavy atom. The fourth-order valence-corrected chi connectivity index (χ4v) is 3.59. The zero-order chi connectivity index (χ0) is 13.0. The Kier molecular flexibility index (Phi) is 4.78. The fraction of sp³-hybridized carbons (Fsp3) is 0.643. The molecule has 0 radical (unpaired) electrons. The first-order valence-electron chi connectivity index (χ1n) is 6.74. The Labute approximate surface area is 112 Å². The fourth-order valence-electron chi connectivity index (χ4n) is 2.78. The van der Waals surface area contributed by atoms with Crippen molar-refractivity contribution in [3.63, 3.8) is 0 Å². The molecule has 1 aliphatic carbocycles. The first-order chi connectivity index (χ1) is 8.70. The summed E-state index contributed by atoms with van der Waals surface area (Å²) in [5.41, 5.74) is 0.410. The molecule has 0 aromatic carbocycles. The van der Waals surface area contributed by atoms with Gasteiger partial charge in [-0.2, -0.15) is 0 Å². The van der Waals surface area contributed by atoms with Gasteiger partial charge in [-0.15, -0.1) is 11.3 Å². The van der Waals surface area contributed by atoms with E-state index < -0.39 is 5.97 Å². The summed E-state index contributed by atoms with van der Waals surface area (Å²) in [5, 5.41) is 14.2. The van der Waals surface area contributed by atoms with Crippen LogP contribution in [-0.2, 0) is 6.54 Å². The quantitative estimate of drug-likeness (QED) is 0.858. The molecule has 4 heteroatoms. The van der Waals surface area contributed by atoms with Crippen molar-refractivity contribution in [2.24, 2.45) is 5.92 Å². The van der Waals surface area contributed by atoms with Crippen LogP contribution in [0.4, 0.5) is 0 Å². The molecule has 0 saturated heterocycles. The molecule has 0 bridgehead atoms. The largest absolute Gasteiger partial charge is 0.478 e. The summed E-state index contributed by atoms with van der Waals surface area (Å²) in [4.78, 5) is 11.9. The van der Waals surface area contributed by atoms with Crippen molar-refractivity contribution in [3.05, 3.63) is 21.9 Å². The van der Waals surface area contributed by atoms with Crippen molar-refractivity contribution in [1.29, 1.82) is 0 Å². The molecule has 3 nitrogen and oxygen atoms in total. The van der Waals surface area contributed by atoms with Gasteiger partial charge in [-0.25, -0.2) is 4.79 Å². The molecule has 1 aliphatic rings. The van der Waals surface area contributed by atoms with Crippen molar-refractivity contribution < 1.29 is 9.90 Å². The van der Waals surface area contributed by atoms with E-state index in [9.17, 15) is 4.79 Å². The lowest BCUT2D eigenvalue weighted by atomic mass is 9.83. The van der Waals surface area contributed by atoms with Crippen LogP contribution < -0.4 is 5.32 Å². The molecule has 1 fully saturated rings. The zero-order valence-electron chi connectivity index (χ0n) is 10.8. The maximum absolute atomic E-state index is 10.8. The van der Waals surface area contributed by atoms with Crippen molar-refractivity contribution in [2.75, 3.05) is 0 Å². The Bertz CT molecular complexity index is 402. The van der Waals surface area contributed by atoms with Crippen molar-refractivity contribution in [1.82, 2.24) is 5.32 Å². The molecular formula is C14H21NO2S. The second kappa shape index (κ2) is 6.34. The molecule has 2 atom stereocenters. The third-order valence-corrected chi connectivity index (χ3v) is 4.81. The van der Waals surface area contributed by atoms with Gasteiger partial charge in [0, 0.05) is 22.8 Å². The maximum Gasteiger partial charge on any atom is 0.336 e. The van der Waals surface area contributed by atoms with Crippen molar-refractivity contribution in [3.8, 4) is 0 Å². The van der Waals surface area contributed by atoms with E-state index in [0.29, 0.717) is 11.6 Å². The number of nitrogens with one attached hydrogen (secondary N) is 1. The van der Waals surface area contributed by atoms with Gasteiger partial charge in [0.2, 0.25) is 0 Å². The molecule has 0 amide bonds. The second-order valence-corrected chi connectivity index (χ2v) is 6.04.